The molecule has 16 heavy (non-hydrogen) atoms. The Morgan fingerprint density at radius 3 is 2.75 bits per heavy atom. The van der Waals surface area contributed by atoms with Gasteiger partial charge in [0.25, 0.3) is 0 Å². The fourth-order valence-corrected chi connectivity index (χ4v) is 1.70. The van der Waals surface area contributed by atoms with Gasteiger partial charge < -0.3 is 15.2 Å². The maximum Gasteiger partial charge on any atom is 0.137 e. The van der Waals surface area contributed by atoms with Gasteiger partial charge in [-0.3, -0.25) is 0 Å². The van der Waals surface area contributed by atoms with E-state index in [4.69, 9.17) is 16.3 Å². The smallest absolute Gasteiger partial charge is 0.137 e. The van der Waals surface area contributed by atoms with Gasteiger partial charge in [-0.25, -0.2) is 0 Å². The largest absolute Gasteiger partial charge is 0.495 e. The number of benzene rings is 1. The molecule has 90 valence electrons. The predicted octanol–water partition coefficient (Wildman–Crippen LogP) is 2.17. The average molecular weight is 244 g/mol. The number of rotatable bonds is 5. The van der Waals surface area contributed by atoms with Crippen molar-refractivity contribution in [3.8, 4) is 5.75 Å². The SMILES string of the molecule is CNCCC(C)(O)c1ccc(Cl)c(OC)c1. The second-order valence-electron chi connectivity index (χ2n) is 3.98. The first kappa shape index (κ1) is 13.3. The van der Waals surface area contributed by atoms with Crippen LogP contribution in [0.4, 0.5) is 0 Å². The Morgan fingerprint density at radius 2 is 2.19 bits per heavy atom. The minimum atomic E-state index is -0.874. The van der Waals surface area contributed by atoms with Crippen LogP contribution in [0.15, 0.2) is 18.2 Å². The molecule has 3 nitrogen and oxygen atoms in total. The summed E-state index contributed by atoms with van der Waals surface area (Å²) in [5.74, 6) is 0.587. The molecular weight excluding hydrogens is 226 g/mol. The highest BCUT2D eigenvalue weighted by Gasteiger charge is 2.23. The Kier molecular flexibility index (Phi) is 4.59. The highest BCUT2D eigenvalue weighted by atomic mass is 35.5. The van der Waals surface area contributed by atoms with E-state index in [0.717, 1.165) is 12.1 Å². The fraction of sp³-hybridized carbons (Fsp3) is 0.500. The molecule has 2 N–H and O–H groups in total. The Morgan fingerprint density at radius 1 is 1.50 bits per heavy atom. The van der Waals surface area contributed by atoms with E-state index in [-0.39, 0.29) is 0 Å². The zero-order valence-electron chi connectivity index (χ0n) is 9.88. The van der Waals surface area contributed by atoms with E-state index in [1.54, 1.807) is 26.2 Å². The summed E-state index contributed by atoms with van der Waals surface area (Å²) < 4.78 is 5.13. The molecule has 0 radical (unpaired) electrons. The molecule has 4 heteroatoms. The fourth-order valence-electron chi connectivity index (χ4n) is 1.51. The quantitative estimate of drug-likeness (QED) is 0.833. The first-order valence-corrected chi connectivity index (χ1v) is 5.60. The van der Waals surface area contributed by atoms with E-state index in [2.05, 4.69) is 5.32 Å². The van der Waals surface area contributed by atoms with Crippen molar-refractivity contribution in [2.24, 2.45) is 0 Å². The molecule has 1 rings (SSSR count). The summed E-state index contributed by atoms with van der Waals surface area (Å²) >= 11 is 5.93. The molecule has 0 aromatic heterocycles. The highest BCUT2D eigenvalue weighted by Crippen LogP contribution is 2.31. The van der Waals surface area contributed by atoms with Gasteiger partial charge in [-0.15, -0.1) is 0 Å². The molecule has 1 aromatic rings. The molecule has 0 aliphatic carbocycles. The van der Waals surface area contributed by atoms with Crippen molar-refractivity contribution >= 4 is 11.6 Å². The summed E-state index contributed by atoms with van der Waals surface area (Å²) in [4.78, 5) is 0. The number of halogens is 1. The second kappa shape index (κ2) is 5.53. The van der Waals surface area contributed by atoms with Crippen LogP contribution in [0, 0.1) is 0 Å². The molecule has 0 amide bonds. The van der Waals surface area contributed by atoms with Crippen LogP contribution in [0.2, 0.25) is 5.02 Å². The molecule has 0 saturated heterocycles. The second-order valence-corrected chi connectivity index (χ2v) is 4.38. The first-order chi connectivity index (χ1) is 7.51. The topological polar surface area (TPSA) is 41.5 Å². The molecule has 1 atom stereocenters. The molecular formula is C12H18ClNO2. The third kappa shape index (κ3) is 3.11. The summed E-state index contributed by atoms with van der Waals surface area (Å²) in [7, 11) is 3.42. The molecule has 0 spiro atoms. The molecule has 0 saturated carbocycles. The van der Waals surface area contributed by atoms with Gasteiger partial charge in [0.2, 0.25) is 0 Å². The number of ether oxygens (including phenoxy) is 1. The maximum absolute atomic E-state index is 10.3. The third-order valence-corrected chi connectivity index (χ3v) is 2.95. The van der Waals surface area contributed by atoms with E-state index < -0.39 is 5.60 Å². The molecule has 0 aliphatic heterocycles. The average Bonchev–Trinajstić information content (AvgIpc) is 2.27. The van der Waals surface area contributed by atoms with Gasteiger partial charge in [-0.2, -0.15) is 0 Å². The van der Waals surface area contributed by atoms with Crippen molar-refractivity contribution in [2.75, 3.05) is 20.7 Å². The number of hydrogen-bond donors (Lipinski definition) is 2. The molecule has 1 unspecified atom stereocenters. The van der Waals surface area contributed by atoms with Gasteiger partial charge in [-0.05, 0) is 44.6 Å². The van der Waals surface area contributed by atoms with E-state index >= 15 is 0 Å². The lowest BCUT2D eigenvalue weighted by Gasteiger charge is -2.24. The Hall–Kier alpha value is -0.770. The van der Waals surface area contributed by atoms with Crippen LogP contribution in [-0.4, -0.2) is 25.8 Å². The van der Waals surface area contributed by atoms with Crippen LogP contribution < -0.4 is 10.1 Å². The standard InChI is InChI=1S/C12H18ClNO2/c1-12(15,6-7-14-2)9-4-5-10(13)11(8-9)16-3/h4-5,8,14-15H,6-7H2,1-3H3. The number of hydrogen-bond acceptors (Lipinski definition) is 3. The van der Waals surface area contributed by atoms with Crippen molar-refractivity contribution < 1.29 is 9.84 Å². The van der Waals surface area contributed by atoms with Crippen molar-refractivity contribution in [3.05, 3.63) is 28.8 Å². The van der Waals surface area contributed by atoms with Crippen molar-refractivity contribution in [2.45, 2.75) is 18.9 Å². The van der Waals surface area contributed by atoms with Gasteiger partial charge in [0.1, 0.15) is 5.75 Å². The van der Waals surface area contributed by atoms with Gasteiger partial charge in [-0.1, -0.05) is 17.7 Å². The van der Waals surface area contributed by atoms with Crippen LogP contribution in [0.1, 0.15) is 18.9 Å². The lowest BCUT2D eigenvalue weighted by molar-refractivity contribution is 0.0483. The zero-order chi connectivity index (χ0) is 12.2. The molecule has 0 bridgehead atoms. The monoisotopic (exact) mass is 243 g/mol. The molecule has 0 aliphatic rings. The van der Waals surface area contributed by atoms with E-state index in [0.29, 0.717) is 17.2 Å². The lowest BCUT2D eigenvalue weighted by atomic mass is 9.92. The van der Waals surface area contributed by atoms with Gasteiger partial charge >= 0.3 is 0 Å². The van der Waals surface area contributed by atoms with E-state index in [1.165, 1.54) is 0 Å². The summed E-state index contributed by atoms with van der Waals surface area (Å²) in [6.45, 7) is 2.53. The van der Waals surface area contributed by atoms with Gasteiger partial charge in [0.15, 0.2) is 0 Å². The highest BCUT2D eigenvalue weighted by molar-refractivity contribution is 6.32. The van der Waals surface area contributed by atoms with Gasteiger partial charge in [0, 0.05) is 0 Å². The lowest BCUT2D eigenvalue weighted by Crippen LogP contribution is -2.26. The summed E-state index contributed by atoms with van der Waals surface area (Å²) in [5.41, 5.74) is -0.0649. The summed E-state index contributed by atoms with van der Waals surface area (Å²) in [6, 6.07) is 5.34. The van der Waals surface area contributed by atoms with Crippen molar-refractivity contribution in [1.82, 2.24) is 5.32 Å². The van der Waals surface area contributed by atoms with Gasteiger partial charge in [0.05, 0.1) is 17.7 Å². The number of nitrogens with one attached hydrogen (secondary N) is 1. The third-order valence-electron chi connectivity index (χ3n) is 2.63. The van der Waals surface area contributed by atoms with E-state index in [1.807, 2.05) is 13.1 Å². The maximum atomic E-state index is 10.3. The van der Waals surface area contributed by atoms with Crippen molar-refractivity contribution in [3.63, 3.8) is 0 Å². The van der Waals surface area contributed by atoms with E-state index in [9.17, 15) is 5.11 Å². The minimum absolute atomic E-state index is 0.552. The Bertz CT molecular complexity index is 353. The first-order valence-electron chi connectivity index (χ1n) is 5.22. The minimum Gasteiger partial charge on any atom is -0.495 e. The molecule has 1 aromatic carbocycles. The Balaban J connectivity index is 2.94. The molecule has 0 fully saturated rings. The number of aliphatic hydroxyl groups is 1. The molecule has 0 heterocycles. The summed E-state index contributed by atoms with van der Waals surface area (Å²) in [6.07, 6.45) is 0.633. The van der Waals surface area contributed by atoms with Crippen LogP contribution in [0.3, 0.4) is 0 Å². The van der Waals surface area contributed by atoms with Crippen LogP contribution in [0.5, 0.6) is 5.75 Å². The van der Waals surface area contributed by atoms with Crippen LogP contribution in [0.25, 0.3) is 0 Å². The Labute approximate surface area is 101 Å². The number of methoxy groups -OCH3 is 1. The summed E-state index contributed by atoms with van der Waals surface area (Å²) in [5, 5.41) is 13.9. The van der Waals surface area contributed by atoms with Crippen LogP contribution in [-0.2, 0) is 5.60 Å². The zero-order valence-corrected chi connectivity index (χ0v) is 10.6. The van der Waals surface area contributed by atoms with Crippen molar-refractivity contribution in [1.29, 1.82) is 0 Å². The normalized spacial score (nSPS) is 14.6. The van der Waals surface area contributed by atoms with Crippen LogP contribution >= 0.6 is 11.6 Å². The predicted molar refractivity (Wildman–Crippen MR) is 66.1 cm³/mol.